The monoisotopic (exact) mass is 468 g/mol. The second-order valence-electron chi connectivity index (χ2n) is 7.02. The third-order valence-corrected chi connectivity index (χ3v) is 7.37. The molecule has 1 saturated heterocycles. The minimum Gasteiger partial charge on any atom is -0.569 e. The number of β-lactam (4-membered cyclic amide) rings is 1. The van der Waals surface area contributed by atoms with Crippen LogP contribution in [0.25, 0.3) is 0 Å². The van der Waals surface area contributed by atoms with Crippen LogP contribution in [0.5, 0.6) is 0 Å². The number of carboxylic acid groups (broad SMARTS) is 1. The van der Waals surface area contributed by atoms with Crippen molar-refractivity contribution in [2.24, 2.45) is 11.2 Å². The lowest BCUT2D eigenvalue weighted by Gasteiger charge is -2.49. The summed E-state index contributed by atoms with van der Waals surface area (Å²) in [7, 11) is 0. The van der Waals surface area contributed by atoms with Crippen LogP contribution in [-0.4, -0.2) is 68.5 Å². The molecule has 1 fully saturated rings. The Labute approximate surface area is 187 Å². The first-order valence-corrected chi connectivity index (χ1v) is 11.8. The van der Waals surface area contributed by atoms with E-state index in [2.05, 4.69) is 5.28 Å². The Kier molecular flexibility index (Phi) is 7.55. The van der Waals surface area contributed by atoms with Crippen LogP contribution in [0.2, 0.25) is 0 Å². The normalized spacial score (nSPS) is 20.9. The molecule has 2 aliphatic rings. The van der Waals surface area contributed by atoms with Gasteiger partial charge in [0.05, 0.1) is 29.4 Å². The summed E-state index contributed by atoms with van der Waals surface area (Å²) < 4.78 is 0. The first-order valence-electron chi connectivity index (χ1n) is 9.86. The molecule has 0 bridgehead atoms. The van der Waals surface area contributed by atoms with Gasteiger partial charge >= 0.3 is 5.97 Å². The number of hydrazine groups is 1. The predicted octanol–water partition coefficient (Wildman–Crippen LogP) is 2.27. The van der Waals surface area contributed by atoms with Crippen LogP contribution < -0.4 is 0 Å². The van der Waals surface area contributed by atoms with E-state index in [1.165, 1.54) is 33.0 Å². The van der Waals surface area contributed by atoms with Crippen LogP contribution >= 0.6 is 23.1 Å². The first-order chi connectivity index (χ1) is 14.9. The van der Waals surface area contributed by atoms with Crippen LogP contribution in [0, 0.1) is 11.1 Å². The highest BCUT2D eigenvalue weighted by Gasteiger charge is 2.53. The summed E-state index contributed by atoms with van der Waals surface area (Å²) in [5.74, 6) is -1.88. The van der Waals surface area contributed by atoms with E-state index in [4.69, 9.17) is 4.84 Å². The molecule has 3 heterocycles. The smallest absolute Gasteiger partial charge is 0.352 e. The van der Waals surface area contributed by atoms with Crippen molar-refractivity contribution >= 4 is 40.8 Å². The number of hydrogen-bond donors (Lipinski definition) is 1. The van der Waals surface area contributed by atoms with Crippen molar-refractivity contribution in [3.05, 3.63) is 38.9 Å². The number of rotatable bonds is 11. The molecular formula is C19H24N4O6S2. The molecule has 0 aliphatic carbocycles. The highest BCUT2D eigenvalue weighted by Crippen LogP contribution is 2.45. The van der Waals surface area contributed by atoms with Crippen molar-refractivity contribution in [2.75, 3.05) is 25.4 Å². The second kappa shape index (κ2) is 10.1. The number of ketones is 1. The molecule has 0 unspecified atom stereocenters. The predicted molar refractivity (Wildman–Crippen MR) is 114 cm³/mol. The number of Topliss-reactive ketones (excluding diaryl/α,β-unsaturated/α-hetero) is 1. The summed E-state index contributed by atoms with van der Waals surface area (Å²) in [4.78, 5) is 44.4. The van der Waals surface area contributed by atoms with E-state index in [-0.39, 0.29) is 36.8 Å². The lowest BCUT2D eigenvalue weighted by molar-refractivity contribution is -0.709. The number of hydrogen-bond acceptors (Lipinski definition) is 8. The van der Waals surface area contributed by atoms with Gasteiger partial charge in [-0.15, -0.1) is 28.1 Å². The number of fused-ring (bicyclic) bond motifs is 1. The van der Waals surface area contributed by atoms with E-state index >= 15 is 0 Å². The van der Waals surface area contributed by atoms with Gasteiger partial charge in [0.25, 0.3) is 0 Å². The van der Waals surface area contributed by atoms with Gasteiger partial charge in [-0.2, -0.15) is 0 Å². The topological polar surface area (TPSA) is 126 Å². The molecule has 1 aromatic heterocycles. The Hall–Kier alpha value is -2.60. The third-order valence-electron chi connectivity index (χ3n) is 5.10. The van der Waals surface area contributed by atoms with Crippen LogP contribution in [0.4, 0.5) is 0 Å². The number of thioether (sulfide) groups is 1. The summed E-state index contributed by atoms with van der Waals surface area (Å²) >= 11 is 2.88. The maximum atomic E-state index is 12.7. The van der Waals surface area contributed by atoms with Crippen molar-refractivity contribution in [1.82, 2.24) is 9.91 Å². The lowest BCUT2D eigenvalue weighted by atomic mass is 9.89. The summed E-state index contributed by atoms with van der Waals surface area (Å²) in [5.41, 5.74) is 0.216. The minimum absolute atomic E-state index is 0.0400. The Morgan fingerprint density at radius 3 is 2.77 bits per heavy atom. The molecule has 2 aliphatic heterocycles. The van der Waals surface area contributed by atoms with Gasteiger partial charge in [0.2, 0.25) is 11.2 Å². The van der Waals surface area contributed by atoms with E-state index in [9.17, 15) is 24.7 Å². The molecule has 12 heteroatoms. The Bertz CT molecular complexity index is 897. The molecule has 1 amide bonds. The molecule has 0 saturated carbocycles. The standard InChI is InChI=1S/C19H24N4O6S2/c1-3-21(4-2)23(28)20-29-10-12-11-31-18-15(17(25)22(18)16(12)19(26)27)9-13(24)8-14-6-5-7-30-14/h5-7,15,18H,3-4,8-11H2,1-2H3,(H,26,27)/b23-20-/t15-,18-/m1/s1. The van der Waals surface area contributed by atoms with Gasteiger partial charge < -0.3 is 15.2 Å². The summed E-state index contributed by atoms with van der Waals surface area (Å²) in [6.45, 7) is 4.27. The number of aliphatic carboxylic acids is 1. The molecule has 0 radical (unpaired) electrons. The fraction of sp³-hybridized carbons (Fsp3) is 0.526. The Morgan fingerprint density at radius 1 is 1.42 bits per heavy atom. The highest BCUT2D eigenvalue weighted by atomic mass is 32.2. The fourth-order valence-corrected chi connectivity index (χ4v) is 5.66. The molecule has 1 N–H and O–H groups in total. The van der Waals surface area contributed by atoms with Gasteiger partial charge in [0, 0.05) is 29.0 Å². The molecule has 168 valence electrons. The minimum atomic E-state index is -1.25. The van der Waals surface area contributed by atoms with Gasteiger partial charge in [-0.1, -0.05) is 6.07 Å². The fourth-order valence-electron chi connectivity index (χ4n) is 3.53. The number of carbonyl (C=O) groups is 3. The third kappa shape index (κ3) is 5.01. The molecule has 10 nitrogen and oxygen atoms in total. The average molecular weight is 469 g/mol. The largest absolute Gasteiger partial charge is 0.569 e. The van der Waals surface area contributed by atoms with Crippen molar-refractivity contribution in [3.8, 4) is 0 Å². The van der Waals surface area contributed by atoms with Crippen LogP contribution in [0.3, 0.4) is 0 Å². The van der Waals surface area contributed by atoms with Crippen LogP contribution in [0.15, 0.2) is 34.1 Å². The van der Waals surface area contributed by atoms with Crippen molar-refractivity contribution in [2.45, 2.75) is 32.1 Å². The Morgan fingerprint density at radius 2 is 2.16 bits per heavy atom. The van der Waals surface area contributed by atoms with E-state index < -0.39 is 17.3 Å². The number of thiophene rings is 1. The quantitative estimate of drug-likeness (QED) is 0.227. The van der Waals surface area contributed by atoms with Gasteiger partial charge in [0.1, 0.15) is 18.1 Å². The number of amides is 1. The van der Waals surface area contributed by atoms with Gasteiger partial charge in [-0.3, -0.25) is 14.5 Å². The van der Waals surface area contributed by atoms with E-state index in [1.54, 1.807) is 13.8 Å². The van der Waals surface area contributed by atoms with Gasteiger partial charge in [-0.25, -0.2) is 4.79 Å². The molecule has 0 spiro atoms. The molecule has 1 aromatic rings. The van der Waals surface area contributed by atoms with E-state index in [1.807, 2.05) is 17.5 Å². The highest BCUT2D eigenvalue weighted by molar-refractivity contribution is 8.00. The SMILES string of the molecule is CCN(CC)/[N+]([O-])=N/OCC1=C(C(=O)O)N2C(=O)[C@@H](CC(=O)Cc3cccs3)[C@H]2SC1. The first kappa shape index (κ1) is 23.1. The van der Waals surface area contributed by atoms with E-state index in [0.29, 0.717) is 29.4 Å². The molecule has 3 rings (SSSR count). The van der Waals surface area contributed by atoms with Gasteiger partial charge in [0.15, 0.2) is 0 Å². The van der Waals surface area contributed by atoms with E-state index in [0.717, 1.165) is 4.88 Å². The van der Waals surface area contributed by atoms with Crippen LogP contribution in [0.1, 0.15) is 25.1 Å². The molecule has 2 atom stereocenters. The maximum Gasteiger partial charge on any atom is 0.352 e. The zero-order valence-corrected chi connectivity index (χ0v) is 18.9. The lowest BCUT2D eigenvalue weighted by Crippen LogP contribution is -2.62. The molecule has 31 heavy (non-hydrogen) atoms. The average Bonchev–Trinajstić information content (AvgIpc) is 3.25. The molecular weight excluding hydrogens is 444 g/mol. The number of carbonyl (C=O) groups excluding carboxylic acids is 2. The maximum absolute atomic E-state index is 12.7. The zero-order chi connectivity index (χ0) is 22.5. The summed E-state index contributed by atoms with van der Waals surface area (Å²) in [6.07, 6.45) is 0.368. The second-order valence-corrected chi connectivity index (χ2v) is 9.16. The Balaban J connectivity index is 1.65. The van der Waals surface area contributed by atoms with Crippen LogP contribution in [-0.2, 0) is 25.6 Å². The number of carboxylic acids is 1. The summed E-state index contributed by atoms with van der Waals surface area (Å²) in [5, 5.41) is 27.8. The summed E-state index contributed by atoms with van der Waals surface area (Å²) in [6, 6.07) is 3.74. The van der Waals surface area contributed by atoms with Crippen molar-refractivity contribution in [1.29, 1.82) is 0 Å². The zero-order valence-electron chi connectivity index (χ0n) is 17.2. The van der Waals surface area contributed by atoms with Crippen molar-refractivity contribution < 1.29 is 29.3 Å². The van der Waals surface area contributed by atoms with Crippen molar-refractivity contribution in [3.63, 3.8) is 0 Å². The number of nitrogens with zero attached hydrogens (tertiary/aromatic N) is 4. The van der Waals surface area contributed by atoms with Gasteiger partial charge in [-0.05, 0) is 25.3 Å². The molecule has 0 aromatic carbocycles.